The van der Waals surface area contributed by atoms with Crippen LogP contribution >= 0.6 is 0 Å². The van der Waals surface area contributed by atoms with Crippen LogP contribution in [0.3, 0.4) is 0 Å². The highest BCUT2D eigenvalue weighted by atomic mass is 16.4. The van der Waals surface area contributed by atoms with E-state index in [1.807, 2.05) is 13.8 Å². The summed E-state index contributed by atoms with van der Waals surface area (Å²) >= 11 is 0. The van der Waals surface area contributed by atoms with Crippen LogP contribution in [0.15, 0.2) is 30.5 Å². The van der Waals surface area contributed by atoms with Crippen LogP contribution in [0.25, 0.3) is 10.9 Å². The van der Waals surface area contributed by atoms with Gasteiger partial charge in [0.1, 0.15) is 18.1 Å². The number of aliphatic carboxylic acids is 2. The molecule has 0 radical (unpaired) electrons. The molecule has 0 bridgehead atoms. The number of hydrogen-bond donors (Lipinski definition) is 8. The summed E-state index contributed by atoms with van der Waals surface area (Å²) in [5.41, 5.74) is 12.6. The molecule has 1 aromatic heterocycles. The van der Waals surface area contributed by atoms with E-state index in [-0.39, 0.29) is 12.3 Å². The largest absolute Gasteiger partial charge is 0.481 e. The lowest BCUT2D eigenvalue weighted by Gasteiger charge is -2.25. The maximum absolute atomic E-state index is 13.3. The van der Waals surface area contributed by atoms with E-state index in [0.29, 0.717) is 12.0 Å². The lowest BCUT2D eigenvalue weighted by atomic mass is 10.0. The summed E-state index contributed by atoms with van der Waals surface area (Å²) in [4.78, 5) is 76.4. The number of aromatic amines is 1. The van der Waals surface area contributed by atoms with Crippen molar-refractivity contribution in [3.63, 3.8) is 0 Å². The zero-order valence-corrected chi connectivity index (χ0v) is 22.3. The van der Waals surface area contributed by atoms with Gasteiger partial charge in [-0.3, -0.25) is 24.0 Å². The molecule has 2 aromatic rings. The van der Waals surface area contributed by atoms with Crippen LogP contribution in [0.1, 0.15) is 45.1 Å². The first-order valence-corrected chi connectivity index (χ1v) is 12.7. The number of carbonyl (C=O) groups is 6. The zero-order valence-electron chi connectivity index (χ0n) is 22.3. The van der Waals surface area contributed by atoms with Gasteiger partial charge in [-0.2, -0.15) is 0 Å². The fourth-order valence-corrected chi connectivity index (χ4v) is 4.10. The number of H-pyrrole nitrogens is 1. The molecule has 0 spiro atoms. The van der Waals surface area contributed by atoms with Crippen LogP contribution in [0.2, 0.25) is 0 Å². The Bertz CT molecular complexity index is 1240. The number of carboxylic acid groups (broad SMARTS) is 2. The summed E-state index contributed by atoms with van der Waals surface area (Å²) in [6.07, 6.45) is 0.359. The second-order valence-corrected chi connectivity index (χ2v) is 9.92. The minimum absolute atomic E-state index is 0.0803. The molecule has 1 heterocycles. The zero-order chi connectivity index (χ0) is 30.0. The van der Waals surface area contributed by atoms with Gasteiger partial charge in [0.15, 0.2) is 0 Å². The van der Waals surface area contributed by atoms with Gasteiger partial charge in [0, 0.05) is 29.9 Å². The minimum Gasteiger partial charge on any atom is -0.481 e. The molecule has 2 rings (SSSR count). The highest BCUT2D eigenvalue weighted by Gasteiger charge is 2.32. The molecule has 4 atom stereocenters. The van der Waals surface area contributed by atoms with E-state index in [9.17, 15) is 33.9 Å². The number of para-hydroxylation sites is 1. The predicted molar refractivity (Wildman–Crippen MR) is 144 cm³/mol. The molecule has 0 aliphatic heterocycles. The average Bonchev–Trinajstić information content (AvgIpc) is 3.27. The molecule has 1 aromatic carbocycles. The first-order chi connectivity index (χ1) is 18.8. The molecule has 14 heteroatoms. The number of nitrogens with two attached hydrogens (primary N) is 2. The Morgan fingerprint density at radius 1 is 0.900 bits per heavy atom. The standard InChI is InChI=1S/C26H36N6O8/c1-13(2)9-16(27)23(36)31-20(11-21(28)33)25(38)32-19(10-14-12-29-17-6-4-3-5-15(14)17)24(37)30-18(26(39)40)7-8-22(34)35/h3-6,12-13,16,18-20,29H,7-11,27H2,1-2H3,(H2,28,33)(H,30,37)(H,31,36)(H,32,38)(H,34,35)(H,39,40). The fraction of sp³-hybridized carbons (Fsp3) is 0.462. The second-order valence-electron chi connectivity index (χ2n) is 9.92. The number of fused-ring (bicyclic) bond motifs is 1. The third-order valence-electron chi connectivity index (χ3n) is 6.09. The maximum atomic E-state index is 13.3. The average molecular weight is 561 g/mol. The van der Waals surface area contributed by atoms with Crippen LogP contribution in [-0.4, -0.2) is 74.9 Å². The monoisotopic (exact) mass is 560 g/mol. The first kappa shape index (κ1) is 31.8. The third-order valence-corrected chi connectivity index (χ3v) is 6.09. The summed E-state index contributed by atoms with van der Waals surface area (Å²) in [5.74, 6) is -6.02. The molecule has 4 amide bonds. The Hall–Kier alpha value is -4.46. The number of nitrogens with one attached hydrogen (secondary N) is 4. The Morgan fingerprint density at radius 2 is 1.50 bits per heavy atom. The second kappa shape index (κ2) is 14.6. The Balaban J connectivity index is 2.32. The summed E-state index contributed by atoms with van der Waals surface area (Å²) in [7, 11) is 0. The molecule has 0 fully saturated rings. The van der Waals surface area contributed by atoms with Gasteiger partial charge in [0.05, 0.1) is 12.5 Å². The fourth-order valence-electron chi connectivity index (χ4n) is 4.10. The van der Waals surface area contributed by atoms with Crippen molar-refractivity contribution in [2.45, 2.75) is 70.1 Å². The van der Waals surface area contributed by atoms with Crippen molar-refractivity contribution >= 4 is 46.5 Å². The number of benzene rings is 1. The molecule has 4 unspecified atom stereocenters. The van der Waals surface area contributed by atoms with Gasteiger partial charge in [-0.05, 0) is 30.4 Å². The van der Waals surface area contributed by atoms with Gasteiger partial charge in [-0.1, -0.05) is 32.0 Å². The van der Waals surface area contributed by atoms with Crippen molar-refractivity contribution in [3.8, 4) is 0 Å². The van der Waals surface area contributed by atoms with Crippen molar-refractivity contribution in [2.75, 3.05) is 0 Å². The van der Waals surface area contributed by atoms with Crippen molar-refractivity contribution in [1.82, 2.24) is 20.9 Å². The third kappa shape index (κ3) is 9.69. The molecular weight excluding hydrogens is 524 g/mol. The van der Waals surface area contributed by atoms with Gasteiger partial charge in [0.25, 0.3) is 0 Å². The molecule has 40 heavy (non-hydrogen) atoms. The highest BCUT2D eigenvalue weighted by Crippen LogP contribution is 2.19. The summed E-state index contributed by atoms with van der Waals surface area (Å²) in [5, 5.41) is 26.3. The van der Waals surface area contributed by atoms with E-state index in [4.69, 9.17) is 16.6 Å². The van der Waals surface area contributed by atoms with Crippen LogP contribution in [0.4, 0.5) is 0 Å². The van der Waals surface area contributed by atoms with Gasteiger partial charge in [0.2, 0.25) is 23.6 Å². The van der Waals surface area contributed by atoms with Crippen molar-refractivity contribution < 1.29 is 39.0 Å². The predicted octanol–water partition coefficient (Wildman–Crippen LogP) is -0.637. The van der Waals surface area contributed by atoms with Gasteiger partial charge >= 0.3 is 11.9 Å². The van der Waals surface area contributed by atoms with Crippen molar-refractivity contribution in [2.24, 2.45) is 17.4 Å². The van der Waals surface area contributed by atoms with Gasteiger partial charge in [-0.25, -0.2) is 4.79 Å². The van der Waals surface area contributed by atoms with E-state index in [1.165, 1.54) is 0 Å². The number of aromatic nitrogens is 1. The van der Waals surface area contributed by atoms with E-state index in [1.54, 1.807) is 30.5 Å². The quantitative estimate of drug-likeness (QED) is 0.130. The molecule has 0 saturated heterocycles. The summed E-state index contributed by atoms with van der Waals surface area (Å²) in [6, 6.07) is 1.85. The van der Waals surface area contributed by atoms with E-state index in [0.717, 1.165) is 10.9 Å². The molecule has 0 saturated carbocycles. The summed E-state index contributed by atoms with van der Waals surface area (Å²) in [6.45, 7) is 3.71. The number of carbonyl (C=O) groups excluding carboxylic acids is 4. The van der Waals surface area contributed by atoms with Crippen LogP contribution in [0, 0.1) is 5.92 Å². The number of carboxylic acids is 2. The van der Waals surface area contributed by atoms with Crippen LogP contribution in [-0.2, 0) is 35.2 Å². The Kier molecular flexibility index (Phi) is 11.6. The first-order valence-electron chi connectivity index (χ1n) is 12.7. The molecule has 10 N–H and O–H groups in total. The number of hydrogen-bond acceptors (Lipinski definition) is 7. The van der Waals surface area contributed by atoms with Gasteiger partial charge in [-0.15, -0.1) is 0 Å². The number of primary amides is 1. The minimum atomic E-state index is -1.54. The van der Waals surface area contributed by atoms with E-state index < -0.39 is 79.0 Å². The number of amides is 4. The molecule has 14 nitrogen and oxygen atoms in total. The van der Waals surface area contributed by atoms with Crippen molar-refractivity contribution in [3.05, 3.63) is 36.0 Å². The normalized spacial score (nSPS) is 14.1. The van der Waals surface area contributed by atoms with Crippen LogP contribution < -0.4 is 27.4 Å². The molecule has 0 aliphatic carbocycles. The van der Waals surface area contributed by atoms with Gasteiger partial charge < -0.3 is 42.6 Å². The van der Waals surface area contributed by atoms with E-state index in [2.05, 4.69) is 20.9 Å². The molecule has 0 aliphatic rings. The van der Waals surface area contributed by atoms with Crippen LogP contribution in [0.5, 0.6) is 0 Å². The molecule has 218 valence electrons. The number of rotatable bonds is 16. The SMILES string of the molecule is CC(C)CC(N)C(=O)NC(CC(N)=O)C(=O)NC(Cc1c[nH]c2ccccc12)C(=O)NC(CCC(=O)O)C(=O)O. The Labute approximate surface area is 230 Å². The topological polar surface area (TPSA) is 247 Å². The Morgan fingerprint density at radius 3 is 2.10 bits per heavy atom. The summed E-state index contributed by atoms with van der Waals surface area (Å²) < 4.78 is 0. The van der Waals surface area contributed by atoms with E-state index >= 15 is 0 Å². The smallest absolute Gasteiger partial charge is 0.326 e. The molecular formula is C26H36N6O8. The lowest BCUT2D eigenvalue weighted by molar-refractivity contribution is -0.143. The maximum Gasteiger partial charge on any atom is 0.326 e. The highest BCUT2D eigenvalue weighted by molar-refractivity contribution is 5.96. The lowest BCUT2D eigenvalue weighted by Crippen LogP contribution is -2.58. The van der Waals surface area contributed by atoms with Crippen molar-refractivity contribution in [1.29, 1.82) is 0 Å².